The molecule has 55 heteroatoms. The van der Waals surface area contributed by atoms with Gasteiger partial charge in [-0.1, -0.05) is 74.6 Å². The summed E-state index contributed by atoms with van der Waals surface area (Å²) in [4.78, 5) is 175. The smallest absolute Gasteiger partial charge is 0.326 e. The highest BCUT2D eigenvalue weighted by atomic mass is 16.8. The normalized spacial score (nSPS) is 32.3. The molecule has 6 saturated heterocycles. The van der Waals surface area contributed by atoms with Crippen LogP contribution < -0.4 is 43.8 Å². The van der Waals surface area contributed by atoms with E-state index in [0.717, 1.165) is 103 Å². The zero-order valence-electron chi connectivity index (χ0n) is 82.1. The predicted octanol–water partition coefficient (Wildman–Crippen LogP) is -7.60. The van der Waals surface area contributed by atoms with E-state index >= 15 is 0 Å². The van der Waals surface area contributed by atoms with E-state index in [0.29, 0.717) is 37.6 Å². The molecule has 0 aromatic carbocycles. The van der Waals surface area contributed by atoms with Crippen molar-refractivity contribution in [1.82, 2.24) is 81.0 Å². The average Bonchev–Trinajstić information content (AvgIpc) is 1.24. The minimum Gasteiger partial charge on any atom is -0.469 e. The van der Waals surface area contributed by atoms with Gasteiger partial charge >= 0.3 is 23.3 Å². The second kappa shape index (κ2) is 53.9. The van der Waals surface area contributed by atoms with Crippen LogP contribution in [0.15, 0.2) is 43.7 Å². The molecule has 4 saturated carbocycles. The lowest BCUT2D eigenvalue weighted by molar-refractivity contribution is -0.335. The van der Waals surface area contributed by atoms with Crippen LogP contribution in [0.2, 0.25) is 0 Å². The van der Waals surface area contributed by atoms with Crippen LogP contribution in [0.4, 0.5) is 0 Å². The highest BCUT2D eigenvalue weighted by Gasteiger charge is 2.58. The molecule has 6 aliphatic heterocycles. The van der Waals surface area contributed by atoms with Crippen molar-refractivity contribution in [3.05, 3.63) is 89.0 Å². The molecule has 10 aliphatic rings. The second-order valence-corrected chi connectivity index (χ2v) is 38.9. The van der Waals surface area contributed by atoms with Gasteiger partial charge in [-0.25, -0.2) is 19.0 Å². The number of rotatable bonds is 48. The first kappa shape index (κ1) is 113. The Bertz CT molecular complexity index is 4820. The molecule has 10 fully saturated rings. The molecule has 4 aliphatic carbocycles. The van der Waals surface area contributed by atoms with Gasteiger partial charge in [0.05, 0.1) is 154 Å². The first-order valence-corrected chi connectivity index (χ1v) is 50.2. The third kappa shape index (κ3) is 30.0. The number of esters is 2. The van der Waals surface area contributed by atoms with E-state index < -0.39 is 279 Å². The summed E-state index contributed by atoms with van der Waals surface area (Å²) in [5.41, 5.74) is -4.42. The molecule has 12 unspecified atom stereocenters. The van der Waals surface area contributed by atoms with E-state index in [1.807, 2.05) is 9.97 Å². The van der Waals surface area contributed by atoms with Crippen LogP contribution in [0.5, 0.6) is 0 Å². The number of methoxy groups -OCH3 is 2. The standard InChI is InChI=1S/C92H138N16O39/c1-45-69(115)73(119)75(121)89(138-45)146-77-53(93-81(123)55-35-63(111)99-91(129)95-55)31-49(85(127)131-3)33-57(77)142-87-67(79(71(117)61(41-109)144-87)140-59(83(125)105-17-11-18-105)29-47-13-7-5-8-14-47)97-65(113)39-107-37-51(101-103-107)43-136-27-25-134-23-21-133-22-24-135-26-28-137-44-52-38-108(104-102-52)40-66(114)98-68-80(141-60(84(126)106-19-12-20-106)30-48-15-9-6-10-16-48)72(118)62(42-110)145-88(68)143-58-34-50(86(128)132-4)32-54(94-82(124)56-36-64(112)100-92(130)96-56)78(58)147-90-76(122)74(120)70(116)46(2)139-90/h35-38,45-50,53-54,57-62,67-80,87-90,109-110,115-122H,5-34,39-44H2,1-4H3,(H,93,123)(H,94,124)(H,97,113)(H,98,114)(H2,95,99,111,129)(H2,96,100,112,130)/t45?,46?,49?,50?,53?,54?,57-,58-,59+,60+,61+,62+,67?,68?,69-,70-,71+,72+,73+,74+,75?,76?,77-,78-,79?,80?,87-,88-,89+,90+/m1/s1. The van der Waals surface area contributed by atoms with Gasteiger partial charge in [0, 0.05) is 38.3 Å². The minimum absolute atomic E-state index is 0.0350. The Morgan fingerprint density at radius 2 is 0.796 bits per heavy atom. The number of carbonyl (C=O) groups excluding carboxylic acids is 8. The van der Waals surface area contributed by atoms with E-state index in [-0.39, 0.29) is 128 Å². The lowest BCUT2D eigenvalue weighted by Crippen LogP contribution is -2.68. The van der Waals surface area contributed by atoms with Crippen LogP contribution in [0.25, 0.3) is 0 Å². The summed E-state index contributed by atoms with van der Waals surface area (Å²) >= 11 is 0. The molecule has 55 nitrogen and oxygen atoms in total. The van der Waals surface area contributed by atoms with E-state index in [1.54, 1.807) is 9.80 Å². The quantitative estimate of drug-likeness (QED) is 0.0144. The third-order valence-electron chi connectivity index (χ3n) is 28.4. The zero-order valence-corrected chi connectivity index (χ0v) is 82.1. The number of aromatic amines is 4. The molecule has 0 bridgehead atoms. The number of aromatic nitrogens is 10. The minimum atomic E-state index is -1.95. The van der Waals surface area contributed by atoms with Crippen molar-refractivity contribution in [3.8, 4) is 0 Å². The van der Waals surface area contributed by atoms with E-state index in [9.17, 15) is 109 Å². The fourth-order valence-corrected chi connectivity index (χ4v) is 20.2. The van der Waals surface area contributed by atoms with Crippen molar-refractivity contribution in [2.24, 2.45) is 23.7 Å². The van der Waals surface area contributed by atoms with Crippen molar-refractivity contribution >= 4 is 47.4 Å². The van der Waals surface area contributed by atoms with Crippen LogP contribution in [-0.2, 0) is 136 Å². The second-order valence-electron chi connectivity index (χ2n) is 38.9. The lowest BCUT2D eigenvalue weighted by atomic mass is 9.81. The zero-order chi connectivity index (χ0) is 105. The summed E-state index contributed by atoms with van der Waals surface area (Å²) in [5.74, 6) is -8.34. The van der Waals surface area contributed by atoms with Gasteiger partial charge in [-0.2, -0.15) is 0 Å². The summed E-state index contributed by atoms with van der Waals surface area (Å²) in [6.07, 6.45) is -26.6. The van der Waals surface area contributed by atoms with Gasteiger partial charge in [-0.15, -0.1) is 10.2 Å². The van der Waals surface area contributed by atoms with Crippen LogP contribution in [0, 0.1) is 23.7 Å². The largest absolute Gasteiger partial charge is 0.469 e. The van der Waals surface area contributed by atoms with E-state index in [2.05, 4.69) is 51.9 Å². The molecule has 0 spiro atoms. The molecule has 30 atom stereocenters. The predicted molar refractivity (Wildman–Crippen MR) is 493 cm³/mol. The number of nitrogens with one attached hydrogen (secondary N) is 8. The SMILES string of the molecule is COC(=O)C1CC(NC(=O)c2cc(=O)[nH]c(=O)[nH]2)[C@@H](O[C@@H]2OC(C)[C@@H](O)[C@H](O)C2O)[C@H](O[C@@H]2O[C@@H](CO)[C@H](O)C(O[C@@H](CC3CCCCC3)C(=O)N3CCC3)C2NC(=O)Cn2cc(COCCOCCOCCOCCOCc3cn(CC(=O)NC4C(O[C@@H](CC5CCCCC5)C(=O)N5CCC5)[C@@H](O)[C@H](CO)O[C@H]4O[C@@H]4CC(C(=O)OC)CC(NC(=O)c5cc(=O)[nH]c(=O)[nH]5)[C@H]4O[C@@H]4OC(C)[C@@H](O)[C@H](O)C4O)nn3)nn2)C1. The topological polar surface area (TPSA) is 743 Å². The highest BCUT2D eigenvalue weighted by molar-refractivity contribution is 5.93. The first-order valence-electron chi connectivity index (χ1n) is 50.2. The van der Waals surface area contributed by atoms with Crippen molar-refractivity contribution in [2.75, 3.05) is 106 Å². The van der Waals surface area contributed by atoms with Crippen molar-refractivity contribution in [3.63, 3.8) is 0 Å². The number of ether oxygens (including phenoxy) is 17. The summed E-state index contributed by atoms with van der Waals surface area (Å²) in [5, 5.41) is 140. The lowest BCUT2D eigenvalue weighted by Gasteiger charge is -2.49. The fraction of sp³-hybridized carbons (Fsp3) is 0.783. The Morgan fingerprint density at radius 3 is 1.14 bits per heavy atom. The summed E-state index contributed by atoms with van der Waals surface area (Å²) < 4.78 is 106. The number of hydrogen-bond acceptors (Lipinski definition) is 43. The molecule has 147 heavy (non-hydrogen) atoms. The van der Waals surface area contributed by atoms with Crippen LogP contribution in [0.3, 0.4) is 0 Å². The van der Waals surface area contributed by atoms with Gasteiger partial charge in [0.25, 0.3) is 34.7 Å². The number of nitrogens with zero attached hydrogens (tertiary/aromatic N) is 8. The Balaban J connectivity index is 0.563. The van der Waals surface area contributed by atoms with Gasteiger partial charge in [0.1, 0.15) is 146 Å². The molecular weight excluding hydrogens is 1950 g/mol. The van der Waals surface area contributed by atoms with Crippen LogP contribution in [-0.4, -0.2) is 436 Å². The number of likely N-dealkylation sites (tertiary alicyclic amines) is 2. The summed E-state index contributed by atoms with van der Waals surface area (Å²) in [6.45, 7) is 2.67. The molecule has 6 amide bonds. The van der Waals surface area contributed by atoms with Gasteiger partial charge in [0.15, 0.2) is 25.2 Å². The maximum absolute atomic E-state index is 14.7. The van der Waals surface area contributed by atoms with E-state index in [1.165, 1.54) is 35.6 Å². The highest BCUT2D eigenvalue weighted by Crippen LogP contribution is 2.42. The van der Waals surface area contributed by atoms with Crippen molar-refractivity contribution < 1.29 is 170 Å². The maximum Gasteiger partial charge on any atom is 0.326 e. The first-order chi connectivity index (χ1) is 70.7. The number of hydrogen-bond donors (Lipinski definition) is 18. The van der Waals surface area contributed by atoms with Gasteiger partial charge in [0.2, 0.25) is 11.8 Å². The molecule has 0 radical (unpaired) electrons. The maximum atomic E-state index is 14.7. The Hall–Kier alpha value is -9.60. The van der Waals surface area contributed by atoms with Crippen molar-refractivity contribution in [1.29, 1.82) is 0 Å². The Morgan fingerprint density at radius 1 is 0.429 bits per heavy atom. The fourth-order valence-electron chi connectivity index (χ4n) is 20.2. The number of amides is 6. The van der Waals surface area contributed by atoms with Gasteiger partial charge in [-0.3, -0.25) is 57.9 Å². The number of aliphatic hydroxyl groups is 10. The third-order valence-corrected chi connectivity index (χ3v) is 28.4. The molecule has 10 heterocycles. The molecular formula is C92H138N16O39. The monoisotopic (exact) mass is 2090 g/mol. The van der Waals surface area contributed by atoms with E-state index in [4.69, 9.17) is 80.5 Å². The van der Waals surface area contributed by atoms with Crippen molar-refractivity contribution in [2.45, 2.75) is 327 Å². The van der Waals surface area contributed by atoms with Gasteiger partial charge in [-0.05, 0) is 77.0 Å². The summed E-state index contributed by atoms with van der Waals surface area (Å²) in [7, 11) is 2.23. The van der Waals surface area contributed by atoms with Crippen LogP contribution >= 0.6 is 0 Å². The molecule has 820 valence electrons. The summed E-state index contributed by atoms with van der Waals surface area (Å²) in [6, 6.07) is -4.45. The molecule has 4 aromatic rings. The molecule has 18 N–H and O–H groups in total. The van der Waals surface area contributed by atoms with Crippen LogP contribution in [0.1, 0.15) is 162 Å². The number of aliphatic hydroxyl groups excluding tert-OH is 10. The Kier molecular flexibility index (Phi) is 41.4. The number of carbonyl (C=O) groups is 8. The van der Waals surface area contributed by atoms with Gasteiger partial charge < -0.3 is 173 Å². The Labute approximate surface area is 841 Å². The average molecular weight is 2090 g/mol. The number of H-pyrrole nitrogens is 4. The molecule has 14 rings (SSSR count). The molecule has 4 aromatic heterocycles.